The van der Waals surface area contributed by atoms with Crippen LogP contribution in [-0.4, -0.2) is 82.3 Å². The lowest BCUT2D eigenvalue weighted by atomic mass is 9.84. The van der Waals surface area contributed by atoms with Gasteiger partial charge in [0.05, 0.1) is 36.3 Å². The molecule has 2 aliphatic rings. The molecule has 14 heteroatoms. The SMILES string of the molecule is CC(=O)NC[C@H]1CN(C2(CNCc3cn[nH]n3)C=CC(c3ccccc3)=C(F)C2)C(=O)O1.CCS(=O)(=O)O. The molecule has 1 aliphatic heterocycles. The van der Waals surface area contributed by atoms with Crippen LogP contribution in [0.15, 0.2) is 54.5 Å². The summed E-state index contributed by atoms with van der Waals surface area (Å²) in [5, 5.41) is 16.3. The first-order chi connectivity index (χ1) is 18.0. The molecule has 2 atom stereocenters. The fraction of sp³-hybridized carbons (Fsp3) is 0.417. The van der Waals surface area contributed by atoms with Crippen LogP contribution in [0.5, 0.6) is 0 Å². The highest BCUT2D eigenvalue weighted by Crippen LogP contribution is 2.38. The number of carbonyl (C=O) groups excluding carboxylic acids is 2. The largest absolute Gasteiger partial charge is 0.442 e. The van der Waals surface area contributed by atoms with E-state index in [1.807, 2.05) is 36.4 Å². The average molecular weight is 551 g/mol. The van der Waals surface area contributed by atoms with Gasteiger partial charge in [0, 0.05) is 32.0 Å². The smallest absolute Gasteiger partial charge is 0.411 e. The quantitative estimate of drug-likeness (QED) is 0.341. The molecule has 4 rings (SSSR count). The maximum Gasteiger partial charge on any atom is 0.411 e. The van der Waals surface area contributed by atoms with Crippen LogP contribution in [0.2, 0.25) is 0 Å². The summed E-state index contributed by atoms with van der Waals surface area (Å²) in [6, 6.07) is 9.29. The number of nitrogens with zero attached hydrogens (tertiary/aromatic N) is 3. The number of hydrogen-bond acceptors (Lipinski definition) is 8. The van der Waals surface area contributed by atoms with Gasteiger partial charge in [0.1, 0.15) is 11.9 Å². The summed E-state index contributed by atoms with van der Waals surface area (Å²) in [5.74, 6) is -0.713. The van der Waals surface area contributed by atoms with E-state index in [4.69, 9.17) is 9.29 Å². The Morgan fingerprint density at radius 2 is 2.05 bits per heavy atom. The highest BCUT2D eigenvalue weighted by atomic mass is 32.2. The fourth-order valence-electron chi connectivity index (χ4n) is 3.99. The van der Waals surface area contributed by atoms with Crippen LogP contribution < -0.4 is 10.6 Å². The van der Waals surface area contributed by atoms with Crippen LogP contribution in [0.3, 0.4) is 0 Å². The van der Waals surface area contributed by atoms with Crippen molar-refractivity contribution in [3.05, 3.63) is 65.8 Å². The van der Waals surface area contributed by atoms with Gasteiger partial charge in [-0.25, -0.2) is 9.18 Å². The second kappa shape index (κ2) is 12.8. The lowest BCUT2D eigenvalue weighted by Gasteiger charge is -2.40. The maximum atomic E-state index is 15.4. The van der Waals surface area contributed by atoms with E-state index in [0.29, 0.717) is 17.8 Å². The highest BCUT2D eigenvalue weighted by Gasteiger charge is 2.46. The normalized spacial score (nSPS) is 21.1. The number of nitrogens with one attached hydrogen (secondary N) is 3. The summed E-state index contributed by atoms with van der Waals surface area (Å²) in [5.41, 5.74) is 1.01. The molecule has 0 spiro atoms. The Morgan fingerprint density at radius 1 is 1.34 bits per heavy atom. The lowest BCUT2D eigenvalue weighted by molar-refractivity contribution is -0.119. The molecular formula is C24H31FN6O6S. The minimum Gasteiger partial charge on any atom is -0.442 e. The van der Waals surface area contributed by atoms with Crippen molar-refractivity contribution in [1.29, 1.82) is 0 Å². The van der Waals surface area contributed by atoms with Gasteiger partial charge in [-0.15, -0.1) is 0 Å². The summed E-state index contributed by atoms with van der Waals surface area (Å²) < 4.78 is 47.8. The van der Waals surface area contributed by atoms with Crippen molar-refractivity contribution in [1.82, 2.24) is 30.9 Å². The maximum absolute atomic E-state index is 15.4. The van der Waals surface area contributed by atoms with E-state index in [9.17, 15) is 18.0 Å². The van der Waals surface area contributed by atoms with Crippen molar-refractivity contribution in [2.45, 2.75) is 38.5 Å². The lowest BCUT2D eigenvalue weighted by Crippen LogP contribution is -2.55. The van der Waals surface area contributed by atoms with E-state index >= 15 is 4.39 Å². The zero-order valence-corrected chi connectivity index (χ0v) is 21.9. The van der Waals surface area contributed by atoms with Crippen LogP contribution in [0.25, 0.3) is 5.57 Å². The van der Waals surface area contributed by atoms with E-state index in [1.165, 1.54) is 18.7 Å². The van der Waals surface area contributed by atoms with E-state index in [-0.39, 0.29) is 43.5 Å². The Kier molecular flexibility index (Phi) is 9.72. The van der Waals surface area contributed by atoms with Gasteiger partial charge in [-0.05, 0) is 12.5 Å². The number of aromatic nitrogens is 3. The average Bonchev–Trinajstić information content (AvgIpc) is 3.53. The standard InChI is InChI=1S/C22H25FN6O3.C2H6O3S/c1-15(30)25-12-18-13-29(21(31)32-18)22(14-24-10-17-11-26-28-27-17)8-7-19(20(23)9-22)16-5-3-2-4-6-16;1-2-6(3,4)5/h2-8,11,18,24H,9-10,12-14H2,1H3,(H,25,30)(H,26,27,28);2H2,1H3,(H,3,4,5)/t18-,22?;/m0./s1. The third-order valence-corrected chi connectivity index (χ3v) is 6.69. The molecule has 2 amide bonds. The van der Waals surface area contributed by atoms with E-state index in [2.05, 4.69) is 26.0 Å². The molecular weight excluding hydrogens is 519 g/mol. The second-order valence-electron chi connectivity index (χ2n) is 8.79. The summed E-state index contributed by atoms with van der Waals surface area (Å²) in [4.78, 5) is 25.5. The summed E-state index contributed by atoms with van der Waals surface area (Å²) >= 11 is 0. The highest BCUT2D eigenvalue weighted by molar-refractivity contribution is 7.85. The van der Waals surface area contributed by atoms with Crippen LogP contribution in [0, 0.1) is 0 Å². The Bertz CT molecular complexity index is 1270. The Labute approximate surface area is 220 Å². The number of ether oxygens (including phenoxy) is 1. The molecule has 12 nitrogen and oxygen atoms in total. The fourth-order valence-corrected chi connectivity index (χ4v) is 3.99. The molecule has 1 aliphatic carbocycles. The molecule has 1 unspecified atom stereocenters. The number of H-pyrrole nitrogens is 1. The Balaban J connectivity index is 0.000000599. The van der Waals surface area contributed by atoms with E-state index in [0.717, 1.165) is 5.56 Å². The van der Waals surface area contributed by atoms with Gasteiger partial charge in [-0.2, -0.15) is 23.8 Å². The monoisotopic (exact) mass is 550 g/mol. The molecule has 1 fully saturated rings. The number of halogens is 1. The van der Waals surface area contributed by atoms with Gasteiger partial charge in [0.2, 0.25) is 5.91 Å². The van der Waals surface area contributed by atoms with Crippen molar-refractivity contribution < 1.29 is 31.7 Å². The van der Waals surface area contributed by atoms with Crippen LogP contribution in [0.1, 0.15) is 31.5 Å². The van der Waals surface area contributed by atoms with Crippen molar-refractivity contribution in [3.8, 4) is 0 Å². The molecule has 4 N–H and O–H groups in total. The van der Waals surface area contributed by atoms with Gasteiger partial charge in [-0.3, -0.25) is 14.2 Å². The number of allylic oxidation sites excluding steroid dienone is 2. The van der Waals surface area contributed by atoms with E-state index in [1.54, 1.807) is 12.3 Å². The molecule has 206 valence electrons. The summed E-state index contributed by atoms with van der Waals surface area (Å²) in [6.07, 6.45) is 4.13. The third-order valence-electron chi connectivity index (χ3n) is 5.96. The molecule has 0 radical (unpaired) electrons. The van der Waals surface area contributed by atoms with Crippen molar-refractivity contribution >= 4 is 27.7 Å². The predicted octanol–water partition coefficient (Wildman–Crippen LogP) is 1.82. The van der Waals surface area contributed by atoms with Gasteiger partial charge < -0.3 is 15.4 Å². The summed E-state index contributed by atoms with van der Waals surface area (Å²) in [7, 11) is -3.66. The zero-order chi connectivity index (χ0) is 27.8. The topological polar surface area (TPSA) is 167 Å². The van der Waals surface area contributed by atoms with Gasteiger partial charge in [-0.1, -0.05) is 42.5 Å². The predicted molar refractivity (Wildman–Crippen MR) is 137 cm³/mol. The number of benzene rings is 1. The second-order valence-corrected chi connectivity index (χ2v) is 10.5. The molecule has 2 aromatic rings. The first kappa shape index (κ1) is 28.9. The molecule has 1 aromatic carbocycles. The van der Waals surface area contributed by atoms with Gasteiger partial charge >= 0.3 is 6.09 Å². The van der Waals surface area contributed by atoms with E-state index < -0.39 is 27.9 Å². The van der Waals surface area contributed by atoms with Crippen molar-refractivity contribution in [3.63, 3.8) is 0 Å². The molecule has 0 saturated carbocycles. The first-order valence-corrected chi connectivity index (χ1v) is 13.5. The van der Waals surface area contributed by atoms with Gasteiger partial charge in [0.25, 0.3) is 10.1 Å². The summed E-state index contributed by atoms with van der Waals surface area (Å²) in [6.45, 7) is 3.91. The molecule has 38 heavy (non-hydrogen) atoms. The number of cyclic esters (lactones) is 1. The zero-order valence-electron chi connectivity index (χ0n) is 21.1. The van der Waals surface area contributed by atoms with Crippen LogP contribution in [0.4, 0.5) is 9.18 Å². The van der Waals surface area contributed by atoms with Crippen LogP contribution >= 0.6 is 0 Å². The molecule has 0 bridgehead atoms. The van der Waals surface area contributed by atoms with Crippen LogP contribution in [-0.2, 0) is 26.2 Å². The first-order valence-electron chi connectivity index (χ1n) is 11.9. The van der Waals surface area contributed by atoms with Crippen molar-refractivity contribution in [2.75, 3.05) is 25.4 Å². The Hall–Kier alpha value is -3.62. The molecule has 1 saturated heterocycles. The molecule has 2 heterocycles. The number of aromatic amines is 1. The number of amides is 2. The van der Waals surface area contributed by atoms with Crippen molar-refractivity contribution in [2.24, 2.45) is 0 Å². The number of carbonyl (C=O) groups is 2. The molecule has 1 aromatic heterocycles. The number of hydrogen-bond donors (Lipinski definition) is 4. The number of rotatable bonds is 9. The Morgan fingerprint density at radius 3 is 2.63 bits per heavy atom. The third kappa shape index (κ3) is 7.94. The minimum atomic E-state index is -3.66. The minimum absolute atomic E-state index is 0.00149. The van der Waals surface area contributed by atoms with Gasteiger partial charge in [0.15, 0.2) is 0 Å².